The van der Waals surface area contributed by atoms with Crippen molar-refractivity contribution < 1.29 is 19.8 Å². The fraction of sp³-hybridized carbons (Fsp3) is 0.273. The van der Waals surface area contributed by atoms with Crippen molar-refractivity contribution in [3.05, 3.63) is 106 Å². The van der Waals surface area contributed by atoms with Gasteiger partial charge in [-0.3, -0.25) is 9.59 Å². The largest absolute Gasteiger partial charge is 0.873 e. The summed E-state index contributed by atoms with van der Waals surface area (Å²) in [5, 5.41) is 26.2. The third kappa shape index (κ3) is 3.58. The molecule has 0 radical (unpaired) electrons. The fourth-order valence-electron chi connectivity index (χ4n) is 5.78. The van der Waals surface area contributed by atoms with Gasteiger partial charge in [0.2, 0.25) is 11.6 Å². The molecule has 0 aromatic heterocycles. The van der Waals surface area contributed by atoms with Gasteiger partial charge in [0, 0.05) is 5.57 Å². The molecule has 0 heterocycles. The zero-order valence-electron chi connectivity index (χ0n) is 22.1. The third-order valence-electron chi connectivity index (χ3n) is 7.54. The summed E-state index contributed by atoms with van der Waals surface area (Å²) < 4.78 is 0. The standard InChI is InChI=1S/C33H32O4/c1-31(2,3)25-15-19(17-27(34)29(25)36)33(20-16-26(32(4,5)6)30(37)28(35)18-20)23-13-9-7-11-21(23)22-12-8-10-14-24(22)33/h7-18,34,36H,1-6H3/p-2. The molecule has 0 amide bonds. The van der Waals surface area contributed by atoms with E-state index in [2.05, 4.69) is 0 Å². The van der Waals surface area contributed by atoms with Crippen molar-refractivity contribution in [3.8, 4) is 22.6 Å². The first kappa shape index (κ1) is 24.8. The molecule has 0 saturated heterocycles. The summed E-state index contributed by atoms with van der Waals surface area (Å²) in [6.07, 6.45) is 3.25. The number of fused-ring (bicyclic) bond motifs is 3. The molecule has 0 fully saturated rings. The van der Waals surface area contributed by atoms with Gasteiger partial charge < -0.3 is 10.2 Å². The van der Waals surface area contributed by atoms with Gasteiger partial charge in [0.05, 0.1) is 5.41 Å². The lowest BCUT2D eigenvalue weighted by Gasteiger charge is -2.40. The second kappa shape index (κ2) is 8.04. The van der Waals surface area contributed by atoms with Crippen molar-refractivity contribution >= 4 is 11.6 Å². The molecular weight excluding hydrogens is 460 g/mol. The summed E-state index contributed by atoms with van der Waals surface area (Å²) in [6.45, 7) is 11.5. The maximum absolute atomic E-state index is 13.2. The Labute approximate surface area is 218 Å². The molecule has 37 heavy (non-hydrogen) atoms. The summed E-state index contributed by atoms with van der Waals surface area (Å²) >= 11 is 0. The van der Waals surface area contributed by atoms with Crippen LogP contribution in [0, 0.1) is 5.41 Å². The first-order valence-electron chi connectivity index (χ1n) is 12.5. The van der Waals surface area contributed by atoms with Gasteiger partial charge in [-0.25, -0.2) is 0 Å². The van der Waals surface area contributed by atoms with E-state index >= 15 is 0 Å². The van der Waals surface area contributed by atoms with E-state index in [1.807, 2.05) is 102 Å². The number of hydrogen-bond donors (Lipinski definition) is 0. The molecular formula is C33H30O4-2. The molecule has 4 nitrogen and oxygen atoms in total. The van der Waals surface area contributed by atoms with Crippen molar-refractivity contribution in [3.63, 3.8) is 0 Å². The molecule has 0 saturated carbocycles. The zero-order valence-corrected chi connectivity index (χ0v) is 22.1. The van der Waals surface area contributed by atoms with E-state index in [1.54, 1.807) is 0 Å². The maximum atomic E-state index is 13.2. The Kier molecular flexibility index (Phi) is 5.38. The predicted molar refractivity (Wildman–Crippen MR) is 141 cm³/mol. The topological polar surface area (TPSA) is 80.3 Å². The number of benzene rings is 3. The van der Waals surface area contributed by atoms with E-state index in [0.717, 1.165) is 22.3 Å². The summed E-state index contributed by atoms with van der Waals surface area (Å²) in [5.74, 6) is -2.19. The molecule has 4 heteroatoms. The van der Waals surface area contributed by atoms with E-state index in [9.17, 15) is 19.8 Å². The maximum Gasteiger partial charge on any atom is 0.229 e. The number of Topliss-reactive ketones (excluding diaryl/α,β-unsaturated/α-hetero) is 1. The van der Waals surface area contributed by atoms with E-state index in [-0.39, 0.29) is 0 Å². The Morgan fingerprint density at radius 2 is 1.24 bits per heavy atom. The quantitative estimate of drug-likeness (QED) is 0.351. The van der Waals surface area contributed by atoms with Crippen LogP contribution in [0.2, 0.25) is 0 Å². The molecule has 2 aliphatic carbocycles. The van der Waals surface area contributed by atoms with E-state index in [0.29, 0.717) is 22.3 Å². The minimum Gasteiger partial charge on any atom is -0.873 e. The van der Waals surface area contributed by atoms with Crippen LogP contribution >= 0.6 is 0 Å². The van der Waals surface area contributed by atoms with Crippen LogP contribution in [0.4, 0.5) is 0 Å². The van der Waals surface area contributed by atoms with Gasteiger partial charge in [-0.05, 0) is 56.4 Å². The van der Waals surface area contributed by atoms with Crippen molar-refractivity contribution in [1.82, 2.24) is 0 Å². The van der Waals surface area contributed by atoms with Crippen LogP contribution < -0.4 is 10.2 Å². The highest BCUT2D eigenvalue weighted by Gasteiger charge is 2.49. The second-order valence-corrected chi connectivity index (χ2v) is 12.0. The minimum absolute atomic E-state index is 0.426. The first-order chi connectivity index (χ1) is 17.3. The second-order valence-electron chi connectivity index (χ2n) is 12.0. The van der Waals surface area contributed by atoms with E-state index in [1.165, 1.54) is 12.1 Å². The summed E-state index contributed by atoms with van der Waals surface area (Å²) in [5.41, 5.74) is 3.72. The molecule has 2 aliphatic rings. The average Bonchev–Trinajstić information content (AvgIpc) is 3.12. The summed E-state index contributed by atoms with van der Waals surface area (Å²) in [4.78, 5) is 26.2. The fourth-order valence-corrected chi connectivity index (χ4v) is 5.78. The normalized spacial score (nSPS) is 16.7. The highest BCUT2D eigenvalue weighted by Crippen LogP contribution is 2.58. The Bertz CT molecular complexity index is 1490. The number of hydrogen-bond acceptors (Lipinski definition) is 4. The van der Waals surface area contributed by atoms with Crippen molar-refractivity contribution in [2.45, 2.75) is 52.4 Å². The molecule has 0 N–H and O–H groups in total. The Balaban J connectivity index is 1.98. The lowest BCUT2D eigenvalue weighted by Crippen LogP contribution is -2.35. The average molecular weight is 491 g/mol. The highest BCUT2D eigenvalue weighted by atomic mass is 16.3. The van der Waals surface area contributed by atoms with Gasteiger partial charge in [0.1, 0.15) is 0 Å². The molecule has 0 atom stereocenters. The van der Waals surface area contributed by atoms with Gasteiger partial charge in [-0.2, -0.15) is 0 Å². The number of allylic oxidation sites excluding steroid dienone is 4. The first-order valence-corrected chi connectivity index (χ1v) is 12.5. The predicted octanol–water partition coefficient (Wildman–Crippen LogP) is 5.50. The van der Waals surface area contributed by atoms with Crippen molar-refractivity contribution in [2.75, 3.05) is 0 Å². The van der Waals surface area contributed by atoms with Gasteiger partial charge in [0.25, 0.3) is 0 Å². The molecule has 0 aliphatic heterocycles. The number of carbonyl (C=O) groups is 2. The van der Waals surface area contributed by atoms with Crippen LogP contribution in [0.25, 0.3) is 11.1 Å². The molecule has 0 bridgehead atoms. The SMILES string of the molecule is CC(C)(C)C1=CC(C2(c3cc([O-])c([O-])c(C(C)(C)C)c3)c3ccccc3-c3ccccc32)=CC(=O)C1=O. The van der Waals surface area contributed by atoms with E-state index in [4.69, 9.17) is 0 Å². The Morgan fingerprint density at radius 1 is 0.703 bits per heavy atom. The molecule has 3 aromatic rings. The lowest BCUT2D eigenvalue weighted by molar-refractivity contribution is -0.318. The Hall–Kier alpha value is -3.92. The van der Waals surface area contributed by atoms with Crippen LogP contribution in [-0.4, -0.2) is 11.6 Å². The molecule has 5 rings (SSSR count). The monoisotopic (exact) mass is 490 g/mol. The molecule has 188 valence electrons. The molecule has 0 spiro atoms. The molecule has 3 aromatic carbocycles. The third-order valence-corrected chi connectivity index (χ3v) is 7.54. The van der Waals surface area contributed by atoms with Gasteiger partial charge in [0.15, 0.2) is 0 Å². The van der Waals surface area contributed by atoms with Crippen LogP contribution in [0.1, 0.15) is 63.8 Å². The number of carbonyl (C=O) groups excluding carboxylic acids is 2. The zero-order chi connectivity index (χ0) is 26.9. The van der Waals surface area contributed by atoms with Crippen LogP contribution in [0.5, 0.6) is 11.5 Å². The summed E-state index contributed by atoms with van der Waals surface area (Å²) in [6, 6.07) is 19.1. The van der Waals surface area contributed by atoms with Crippen molar-refractivity contribution in [1.29, 1.82) is 0 Å². The van der Waals surface area contributed by atoms with Gasteiger partial charge in [-0.15, -0.1) is 11.5 Å². The molecule has 0 unspecified atom stereocenters. The lowest BCUT2D eigenvalue weighted by atomic mass is 9.63. The van der Waals surface area contributed by atoms with E-state index < -0.39 is 39.3 Å². The van der Waals surface area contributed by atoms with Crippen molar-refractivity contribution in [2.24, 2.45) is 5.41 Å². The van der Waals surface area contributed by atoms with Crippen LogP contribution in [0.15, 0.2) is 84.0 Å². The van der Waals surface area contributed by atoms with Gasteiger partial charge in [-0.1, -0.05) is 108 Å². The Morgan fingerprint density at radius 3 is 1.76 bits per heavy atom. The van der Waals surface area contributed by atoms with Gasteiger partial charge >= 0.3 is 0 Å². The van der Waals surface area contributed by atoms with Crippen LogP contribution in [0.3, 0.4) is 0 Å². The number of rotatable bonds is 2. The highest BCUT2D eigenvalue weighted by molar-refractivity contribution is 6.48. The minimum atomic E-state index is -1.05. The smallest absolute Gasteiger partial charge is 0.229 e. The number of ketones is 2. The summed E-state index contributed by atoms with van der Waals surface area (Å²) in [7, 11) is 0. The van der Waals surface area contributed by atoms with Crippen LogP contribution in [-0.2, 0) is 20.4 Å².